The van der Waals surface area contributed by atoms with Crippen molar-refractivity contribution in [2.75, 3.05) is 6.61 Å². The fourth-order valence-electron chi connectivity index (χ4n) is 2.29. The van der Waals surface area contributed by atoms with Gasteiger partial charge in [-0.15, -0.1) is 0 Å². The summed E-state index contributed by atoms with van der Waals surface area (Å²) >= 11 is 0. The van der Waals surface area contributed by atoms with Crippen LogP contribution in [0.3, 0.4) is 0 Å². The van der Waals surface area contributed by atoms with Crippen LogP contribution in [0, 0.1) is 0 Å². The number of imidazole rings is 1. The number of aromatic nitrogens is 2. The maximum Gasteiger partial charge on any atom is 0.122 e. The van der Waals surface area contributed by atoms with Crippen molar-refractivity contribution in [1.82, 2.24) is 14.9 Å². The standard InChI is InChI=1S/C16H23N3O/c1-2-9-19-10-8-17-16(19)12-18-15(13-20)11-14-6-4-3-5-7-14/h3-8,10,15,18,20H,2,9,11-13H2,1H3/t15-/m1/s1. The summed E-state index contributed by atoms with van der Waals surface area (Å²) in [6, 6.07) is 10.3. The van der Waals surface area contributed by atoms with Crippen LogP contribution < -0.4 is 5.32 Å². The van der Waals surface area contributed by atoms with Crippen LogP contribution in [0.5, 0.6) is 0 Å². The number of aliphatic hydroxyl groups is 1. The number of nitrogens with zero attached hydrogens (tertiary/aromatic N) is 2. The lowest BCUT2D eigenvalue weighted by Crippen LogP contribution is -2.34. The Labute approximate surface area is 120 Å². The normalized spacial score (nSPS) is 12.5. The van der Waals surface area contributed by atoms with Gasteiger partial charge in [-0.1, -0.05) is 37.3 Å². The minimum Gasteiger partial charge on any atom is -0.395 e. The molecule has 0 fully saturated rings. The molecule has 0 saturated carbocycles. The number of benzene rings is 1. The first kappa shape index (κ1) is 14.8. The minimum absolute atomic E-state index is 0.0594. The SMILES string of the molecule is CCCn1ccnc1CN[C@@H](CO)Cc1ccccc1. The predicted octanol–water partition coefficient (Wildman–Crippen LogP) is 1.99. The zero-order valence-electron chi connectivity index (χ0n) is 12.0. The number of aryl methyl sites for hydroxylation is 1. The van der Waals surface area contributed by atoms with E-state index in [4.69, 9.17) is 0 Å². The third-order valence-electron chi connectivity index (χ3n) is 3.36. The Morgan fingerprint density at radius 2 is 2.10 bits per heavy atom. The number of hydrogen-bond acceptors (Lipinski definition) is 3. The molecule has 2 aromatic rings. The highest BCUT2D eigenvalue weighted by atomic mass is 16.3. The molecule has 0 radical (unpaired) electrons. The summed E-state index contributed by atoms with van der Waals surface area (Å²) in [5.74, 6) is 1.03. The second-order valence-corrected chi connectivity index (χ2v) is 4.99. The second kappa shape index (κ2) is 7.82. The van der Waals surface area contributed by atoms with Crippen LogP contribution in [-0.2, 0) is 19.5 Å². The molecule has 0 bridgehead atoms. The largest absolute Gasteiger partial charge is 0.395 e. The van der Waals surface area contributed by atoms with Crippen molar-refractivity contribution in [1.29, 1.82) is 0 Å². The molecule has 2 N–H and O–H groups in total. The number of rotatable bonds is 8. The molecule has 108 valence electrons. The average molecular weight is 273 g/mol. The van der Waals surface area contributed by atoms with Gasteiger partial charge in [0.2, 0.25) is 0 Å². The zero-order chi connectivity index (χ0) is 14.2. The van der Waals surface area contributed by atoms with Crippen molar-refractivity contribution in [3.63, 3.8) is 0 Å². The Balaban J connectivity index is 1.89. The molecular formula is C16H23N3O. The lowest BCUT2D eigenvalue weighted by atomic mass is 10.1. The summed E-state index contributed by atoms with van der Waals surface area (Å²) in [5, 5.41) is 12.9. The molecule has 2 rings (SSSR count). The minimum atomic E-state index is 0.0594. The lowest BCUT2D eigenvalue weighted by molar-refractivity contribution is 0.239. The summed E-state index contributed by atoms with van der Waals surface area (Å²) in [6.45, 7) is 3.96. The molecule has 0 amide bonds. The first-order chi connectivity index (χ1) is 9.83. The molecule has 0 aliphatic carbocycles. The van der Waals surface area contributed by atoms with Gasteiger partial charge in [0.1, 0.15) is 5.82 Å². The van der Waals surface area contributed by atoms with Gasteiger partial charge >= 0.3 is 0 Å². The molecule has 1 aromatic heterocycles. The summed E-state index contributed by atoms with van der Waals surface area (Å²) < 4.78 is 2.16. The van der Waals surface area contributed by atoms with Gasteiger partial charge in [0.25, 0.3) is 0 Å². The van der Waals surface area contributed by atoms with Gasteiger partial charge in [0.05, 0.1) is 13.2 Å². The first-order valence-corrected chi connectivity index (χ1v) is 7.21. The van der Waals surface area contributed by atoms with Gasteiger partial charge in [0, 0.05) is 25.0 Å². The van der Waals surface area contributed by atoms with Gasteiger partial charge in [-0.25, -0.2) is 4.98 Å². The van der Waals surface area contributed by atoms with Crippen LogP contribution in [0.2, 0.25) is 0 Å². The summed E-state index contributed by atoms with van der Waals surface area (Å²) in [4.78, 5) is 4.37. The summed E-state index contributed by atoms with van der Waals surface area (Å²) in [7, 11) is 0. The van der Waals surface area contributed by atoms with E-state index in [0.29, 0.717) is 6.54 Å². The quantitative estimate of drug-likeness (QED) is 0.773. The Kier molecular flexibility index (Phi) is 5.77. The van der Waals surface area contributed by atoms with E-state index in [0.717, 1.165) is 25.2 Å². The van der Waals surface area contributed by atoms with Crippen LogP contribution in [0.1, 0.15) is 24.7 Å². The van der Waals surface area contributed by atoms with Crippen LogP contribution in [0.15, 0.2) is 42.7 Å². The highest BCUT2D eigenvalue weighted by Gasteiger charge is 2.09. The van der Waals surface area contributed by atoms with Gasteiger partial charge < -0.3 is 15.0 Å². The molecule has 4 nitrogen and oxygen atoms in total. The third-order valence-corrected chi connectivity index (χ3v) is 3.36. The first-order valence-electron chi connectivity index (χ1n) is 7.21. The van der Waals surface area contributed by atoms with Crippen molar-refractivity contribution in [2.24, 2.45) is 0 Å². The number of nitrogens with one attached hydrogen (secondary N) is 1. The molecule has 0 unspecified atom stereocenters. The van der Waals surface area contributed by atoms with Gasteiger partial charge in [-0.2, -0.15) is 0 Å². The third kappa shape index (κ3) is 4.18. The smallest absolute Gasteiger partial charge is 0.122 e. The molecule has 1 atom stereocenters. The maximum atomic E-state index is 9.50. The van der Waals surface area contributed by atoms with E-state index < -0.39 is 0 Å². The van der Waals surface area contributed by atoms with E-state index in [1.54, 1.807) is 0 Å². The van der Waals surface area contributed by atoms with Crippen molar-refractivity contribution in [3.8, 4) is 0 Å². The molecule has 0 aliphatic heterocycles. The fraction of sp³-hybridized carbons (Fsp3) is 0.438. The molecular weight excluding hydrogens is 250 g/mol. The second-order valence-electron chi connectivity index (χ2n) is 4.99. The van der Waals surface area contributed by atoms with E-state index in [2.05, 4.69) is 33.9 Å². The molecule has 0 aliphatic rings. The van der Waals surface area contributed by atoms with Gasteiger partial charge in [0.15, 0.2) is 0 Å². The number of hydrogen-bond donors (Lipinski definition) is 2. The van der Waals surface area contributed by atoms with Crippen molar-refractivity contribution in [3.05, 3.63) is 54.1 Å². The van der Waals surface area contributed by atoms with E-state index in [1.807, 2.05) is 30.6 Å². The maximum absolute atomic E-state index is 9.50. The van der Waals surface area contributed by atoms with Crippen molar-refractivity contribution >= 4 is 0 Å². The van der Waals surface area contributed by atoms with Crippen LogP contribution in [-0.4, -0.2) is 27.3 Å². The highest BCUT2D eigenvalue weighted by molar-refractivity contribution is 5.15. The van der Waals surface area contributed by atoms with Crippen LogP contribution in [0.4, 0.5) is 0 Å². The lowest BCUT2D eigenvalue weighted by Gasteiger charge is -2.16. The van der Waals surface area contributed by atoms with E-state index in [9.17, 15) is 5.11 Å². The van der Waals surface area contributed by atoms with E-state index in [-0.39, 0.29) is 12.6 Å². The monoisotopic (exact) mass is 273 g/mol. The zero-order valence-corrected chi connectivity index (χ0v) is 12.0. The van der Waals surface area contributed by atoms with Crippen LogP contribution >= 0.6 is 0 Å². The van der Waals surface area contributed by atoms with Crippen molar-refractivity contribution < 1.29 is 5.11 Å². The molecule has 1 aromatic carbocycles. The molecule has 20 heavy (non-hydrogen) atoms. The summed E-state index contributed by atoms with van der Waals surface area (Å²) in [5.41, 5.74) is 1.23. The van der Waals surface area contributed by atoms with E-state index in [1.165, 1.54) is 5.56 Å². The Bertz CT molecular complexity index is 495. The Hall–Kier alpha value is -1.65. The summed E-state index contributed by atoms with van der Waals surface area (Å²) in [6.07, 6.45) is 5.76. The van der Waals surface area contributed by atoms with Crippen molar-refractivity contribution in [2.45, 2.75) is 38.9 Å². The topological polar surface area (TPSA) is 50.1 Å². The molecule has 1 heterocycles. The highest BCUT2D eigenvalue weighted by Crippen LogP contribution is 2.05. The number of aliphatic hydroxyl groups excluding tert-OH is 1. The van der Waals surface area contributed by atoms with E-state index >= 15 is 0 Å². The molecule has 0 saturated heterocycles. The van der Waals surface area contributed by atoms with Gasteiger partial charge in [-0.05, 0) is 18.4 Å². The molecule has 0 spiro atoms. The Morgan fingerprint density at radius 1 is 1.30 bits per heavy atom. The van der Waals surface area contributed by atoms with Crippen LogP contribution in [0.25, 0.3) is 0 Å². The van der Waals surface area contributed by atoms with Gasteiger partial charge in [-0.3, -0.25) is 0 Å². The fourth-order valence-corrected chi connectivity index (χ4v) is 2.29. The average Bonchev–Trinajstić information content (AvgIpc) is 2.92. The predicted molar refractivity (Wildman–Crippen MR) is 80.4 cm³/mol. The Morgan fingerprint density at radius 3 is 2.80 bits per heavy atom. The molecule has 4 heteroatoms.